The molecule has 6 atom stereocenters. The van der Waals surface area contributed by atoms with Crippen LogP contribution in [0.4, 0.5) is 0 Å². The molecular formula is C11H19O4S. The van der Waals surface area contributed by atoms with Crippen molar-refractivity contribution in [3.63, 3.8) is 0 Å². The largest absolute Gasteiger partial charge is 0.395 e. The van der Waals surface area contributed by atoms with Gasteiger partial charge in [-0.3, -0.25) is 0 Å². The lowest BCUT2D eigenvalue weighted by Gasteiger charge is -2.41. The first-order valence-corrected chi connectivity index (χ1v) is 6.73. The summed E-state index contributed by atoms with van der Waals surface area (Å²) < 4.78 is 0. The van der Waals surface area contributed by atoms with Crippen molar-refractivity contribution < 1.29 is 20.4 Å². The van der Waals surface area contributed by atoms with E-state index in [-0.39, 0.29) is 17.8 Å². The number of hydrogen-bond acceptors (Lipinski definition) is 5. The normalized spacial score (nSPS) is 46.1. The van der Waals surface area contributed by atoms with Gasteiger partial charge in [-0.25, -0.2) is 0 Å². The van der Waals surface area contributed by atoms with Gasteiger partial charge in [-0.2, -0.15) is 0 Å². The summed E-state index contributed by atoms with van der Waals surface area (Å²) in [5, 5.41) is 38.0. The molecule has 2 rings (SSSR count). The Labute approximate surface area is 99.7 Å². The number of hydrogen-bond donors (Lipinski definition) is 4. The summed E-state index contributed by atoms with van der Waals surface area (Å²) in [6.07, 6.45) is 2.30. The molecule has 1 saturated carbocycles. The quantitative estimate of drug-likeness (QED) is 0.531. The van der Waals surface area contributed by atoms with E-state index in [4.69, 9.17) is 5.11 Å². The summed E-state index contributed by atoms with van der Waals surface area (Å²) in [4.78, 5) is 0. The highest BCUT2D eigenvalue weighted by Crippen LogP contribution is 2.42. The maximum atomic E-state index is 9.95. The Balaban J connectivity index is 2.06. The van der Waals surface area contributed by atoms with E-state index in [1.165, 1.54) is 11.8 Å². The first kappa shape index (κ1) is 12.6. The fraction of sp³-hybridized carbons (Fsp3) is 0.909. The topological polar surface area (TPSA) is 80.9 Å². The lowest BCUT2D eigenvalue weighted by atomic mass is 9.92. The highest BCUT2D eigenvalue weighted by Gasteiger charge is 2.46. The first-order valence-electron chi connectivity index (χ1n) is 5.79. The highest BCUT2D eigenvalue weighted by molar-refractivity contribution is 8.00. The Morgan fingerprint density at radius 1 is 1.12 bits per heavy atom. The van der Waals surface area contributed by atoms with Gasteiger partial charge in [0.15, 0.2) is 0 Å². The van der Waals surface area contributed by atoms with Crippen molar-refractivity contribution in [3.8, 4) is 0 Å². The zero-order valence-corrected chi connectivity index (χ0v) is 9.88. The van der Waals surface area contributed by atoms with E-state index in [1.807, 2.05) is 0 Å². The minimum absolute atomic E-state index is 0.0990. The minimum Gasteiger partial charge on any atom is -0.395 e. The van der Waals surface area contributed by atoms with Gasteiger partial charge in [-0.15, -0.1) is 11.8 Å². The van der Waals surface area contributed by atoms with E-state index in [1.54, 1.807) is 0 Å². The molecule has 1 radical (unpaired) electrons. The fourth-order valence-electron chi connectivity index (χ4n) is 2.59. The molecule has 1 heterocycles. The van der Waals surface area contributed by atoms with Gasteiger partial charge in [0.25, 0.3) is 0 Å². The van der Waals surface area contributed by atoms with Crippen LogP contribution in [0.5, 0.6) is 0 Å². The molecule has 0 spiro atoms. The molecule has 16 heavy (non-hydrogen) atoms. The second-order valence-electron chi connectivity index (χ2n) is 4.62. The lowest BCUT2D eigenvalue weighted by Crippen LogP contribution is -2.55. The van der Waals surface area contributed by atoms with Crippen LogP contribution in [-0.4, -0.2) is 55.8 Å². The van der Waals surface area contributed by atoms with Crippen molar-refractivity contribution in [1.82, 2.24) is 0 Å². The standard InChI is InChI=1S/C11H19O4S/c12-5-7-8(13)9(14)10(15)11(16-7)6-3-1-2-4-6/h3,6-15H,1-2,4-5H2/t6?,7-,8-,9-,10+,11+/m0/s1. The molecule has 0 aromatic heterocycles. The van der Waals surface area contributed by atoms with Gasteiger partial charge < -0.3 is 20.4 Å². The highest BCUT2D eigenvalue weighted by atomic mass is 32.2. The molecule has 1 aliphatic carbocycles. The third-order valence-electron chi connectivity index (χ3n) is 3.56. The van der Waals surface area contributed by atoms with Crippen LogP contribution in [0.2, 0.25) is 0 Å². The molecule has 1 saturated heterocycles. The van der Waals surface area contributed by atoms with Crippen molar-refractivity contribution >= 4 is 11.8 Å². The fourth-order valence-corrected chi connectivity index (χ4v) is 4.17. The van der Waals surface area contributed by atoms with Gasteiger partial charge in [-0.1, -0.05) is 6.42 Å². The van der Waals surface area contributed by atoms with E-state index in [9.17, 15) is 15.3 Å². The average Bonchev–Trinajstić information content (AvgIpc) is 2.80. The van der Waals surface area contributed by atoms with Gasteiger partial charge in [0.1, 0.15) is 6.10 Å². The Morgan fingerprint density at radius 2 is 1.88 bits per heavy atom. The van der Waals surface area contributed by atoms with Crippen LogP contribution in [0.3, 0.4) is 0 Å². The summed E-state index contributed by atoms with van der Waals surface area (Å²) in [5.41, 5.74) is 0. The van der Waals surface area contributed by atoms with Crippen molar-refractivity contribution in [2.75, 3.05) is 6.61 Å². The van der Waals surface area contributed by atoms with E-state index in [0.29, 0.717) is 0 Å². The Bertz CT molecular complexity index is 230. The van der Waals surface area contributed by atoms with E-state index in [0.717, 1.165) is 19.3 Å². The van der Waals surface area contributed by atoms with Gasteiger partial charge in [0.2, 0.25) is 0 Å². The van der Waals surface area contributed by atoms with E-state index >= 15 is 0 Å². The second kappa shape index (κ2) is 5.23. The maximum absolute atomic E-state index is 9.95. The summed E-state index contributed by atoms with van der Waals surface area (Å²) in [7, 11) is 0. The molecule has 4 N–H and O–H groups in total. The monoisotopic (exact) mass is 247 g/mol. The zero-order chi connectivity index (χ0) is 11.7. The van der Waals surface area contributed by atoms with Crippen LogP contribution in [0.15, 0.2) is 0 Å². The molecule has 4 nitrogen and oxygen atoms in total. The van der Waals surface area contributed by atoms with Crippen LogP contribution in [0.1, 0.15) is 19.3 Å². The van der Waals surface area contributed by atoms with Gasteiger partial charge in [0, 0.05) is 5.25 Å². The molecule has 5 heteroatoms. The van der Waals surface area contributed by atoms with Crippen LogP contribution in [-0.2, 0) is 0 Å². The third kappa shape index (κ3) is 2.24. The van der Waals surface area contributed by atoms with Crippen molar-refractivity contribution in [2.24, 2.45) is 5.92 Å². The van der Waals surface area contributed by atoms with E-state index in [2.05, 4.69) is 6.42 Å². The Hall–Kier alpha value is 0.190. The summed E-state index contributed by atoms with van der Waals surface area (Å²) in [5.74, 6) is 0.288. The predicted molar refractivity (Wildman–Crippen MR) is 61.9 cm³/mol. The molecule has 1 unspecified atom stereocenters. The molecule has 93 valence electrons. The second-order valence-corrected chi connectivity index (χ2v) is 6.05. The SMILES string of the molecule is OC[C@@H]1S[C@H](C2[CH]CCC2)[C@H](O)[C@@H](O)[C@H]1O. The maximum Gasteiger partial charge on any atom is 0.108 e. The van der Waals surface area contributed by atoms with Gasteiger partial charge >= 0.3 is 0 Å². The number of aliphatic hydroxyl groups is 4. The summed E-state index contributed by atoms with van der Waals surface area (Å²) in [6.45, 7) is -0.168. The smallest absolute Gasteiger partial charge is 0.108 e. The van der Waals surface area contributed by atoms with Crippen LogP contribution in [0, 0.1) is 12.3 Å². The van der Waals surface area contributed by atoms with Crippen LogP contribution in [0.25, 0.3) is 0 Å². The molecule has 0 aromatic carbocycles. The van der Waals surface area contributed by atoms with E-state index < -0.39 is 23.6 Å². The number of thioether (sulfide) groups is 1. The first-order chi connectivity index (χ1) is 7.65. The van der Waals surface area contributed by atoms with Crippen molar-refractivity contribution in [1.29, 1.82) is 0 Å². The molecule has 2 fully saturated rings. The minimum atomic E-state index is -1.14. The molecule has 2 aliphatic rings. The summed E-state index contributed by atoms with van der Waals surface area (Å²) >= 11 is 1.41. The molecule has 0 bridgehead atoms. The van der Waals surface area contributed by atoms with Gasteiger partial charge in [-0.05, 0) is 25.2 Å². The number of aliphatic hydroxyl groups excluding tert-OH is 4. The third-order valence-corrected chi connectivity index (χ3v) is 5.28. The molecule has 0 aromatic rings. The molecule has 0 amide bonds. The summed E-state index contributed by atoms with van der Waals surface area (Å²) in [6, 6.07) is 0. The van der Waals surface area contributed by atoms with Crippen LogP contribution < -0.4 is 0 Å². The van der Waals surface area contributed by atoms with Crippen LogP contribution >= 0.6 is 11.8 Å². The average molecular weight is 247 g/mol. The van der Waals surface area contributed by atoms with Crippen molar-refractivity contribution in [2.45, 2.75) is 48.1 Å². The molecule has 1 aliphatic heterocycles. The molecular weight excluding hydrogens is 228 g/mol. The van der Waals surface area contributed by atoms with Crippen molar-refractivity contribution in [3.05, 3.63) is 6.42 Å². The van der Waals surface area contributed by atoms with Gasteiger partial charge in [0.05, 0.1) is 24.1 Å². The predicted octanol–water partition coefficient (Wildman–Crippen LogP) is -0.450. The number of rotatable bonds is 2. The lowest BCUT2D eigenvalue weighted by molar-refractivity contribution is -0.0732. The zero-order valence-electron chi connectivity index (χ0n) is 9.07. The Kier molecular flexibility index (Phi) is 4.13. The Morgan fingerprint density at radius 3 is 2.44 bits per heavy atom.